The maximum atomic E-state index is 5.86. The standard InChI is InChI=1S/C12H26Cl2O4Si/c1-4-16-19(17-5-2,18-6-3)9-7-8-15-11-12(14)10-13/h12H,4-11H2,1-3H3. The molecule has 0 radical (unpaired) electrons. The lowest BCUT2D eigenvalue weighted by molar-refractivity contribution is 0.0661. The van der Waals surface area contributed by atoms with Gasteiger partial charge in [0.05, 0.1) is 12.0 Å². The van der Waals surface area contributed by atoms with E-state index in [1.807, 2.05) is 20.8 Å². The fraction of sp³-hybridized carbons (Fsp3) is 1.00. The molecule has 0 aromatic rings. The first kappa shape index (κ1) is 19.6. The SMILES string of the molecule is CCO[Si](CCCOCC(Cl)CCl)(OCC)OCC. The largest absolute Gasteiger partial charge is 0.501 e. The van der Waals surface area contributed by atoms with Gasteiger partial charge in [-0.1, -0.05) is 0 Å². The summed E-state index contributed by atoms with van der Waals surface area (Å²) in [5.41, 5.74) is 0. The van der Waals surface area contributed by atoms with Crippen LogP contribution in [0, 0.1) is 0 Å². The van der Waals surface area contributed by atoms with E-state index in [1.54, 1.807) is 0 Å². The van der Waals surface area contributed by atoms with Crippen LogP contribution >= 0.6 is 23.2 Å². The second-order valence-corrected chi connectivity index (χ2v) is 7.57. The summed E-state index contributed by atoms with van der Waals surface area (Å²) in [5.74, 6) is 0.400. The van der Waals surface area contributed by atoms with E-state index in [0.29, 0.717) is 38.9 Å². The molecule has 0 bridgehead atoms. The lowest BCUT2D eigenvalue weighted by atomic mass is 10.5. The second kappa shape index (κ2) is 12.4. The van der Waals surface area contributed by atoms with Gasteiger partial charge < -0.3 is 18.0 Å². The lowest BCUT2D eigenvalue weighted by Crippen LogP contribution is -2.46. The van der Waals surface area contributed by atoms with Crippen molar-refractivity contribution in [3.63, 3.8) is 0 Å². The van der Waals surface area contributed by atoms with Gasteiger partial charge in [-0.25, -0.2) is 0 Å². The third-order valence-corrected chi connectivity index (χ3v) is 6.29. The topological polar surface area (TPSA) is 36.9 Å². The summed E-state index contributed by atoms with van der Waals surface area (Å²) in [5, 5.41) is -0.130. The maximum absolute atomic E-state index is 5.86. The summed E-state index contributed by atoms with van der Waals surface area (Å²) in [6.45, 7) is 8.74. The van der Waals surface area contributed by atoms with E-state index >= 15 is 0 Å². The fourth-order valence-electron chi connectivity index (χ4n) is 1.65. The molecule has 4 nitrogen and oxygen atoms in total. The molecule has 1 atom stereocenters. The Kier molecular flexibility index (Phi) is 12.8. The molecule has 0 aliphatic rings. The van der Waals surface area contributed by atoms with Gasteiger partial charge in [-0.2, -0.15) is 0 Å². The lowest BCUT2D eigenvalue weighted by Gasteiger charge is -2.28. The average molecular weight is 333 g/mol. The van der Waals surface area contributed by atoms with E-state index in [2.05, 4.69) is 0 Å². The minimum atomic E-state index is -2.52. The van der Waals surface area contributed by atoms with Gasteiger partial charge in [-0.05, 0) is 27.2 Å². The highest BCUT2D eigenvalue weighted by Gasteiger charge is 2.39. The van der Waals surface area contributed by atoms with Crippen molar-refractivity contribution in [1.29, 1.82) is 0 Å². The van der Waals surface area contributed by atoms with Crippen molar-refractivity contribution >= 4 is 32.0 Å². The summed E-state index contributed by atoms with van der Waals surface area (Å²) in [6.07, 6.45) is 0.831. The van der Waals surface area contributed by atoms with Gasteiger partial charge in [-0.3, -0.25) is 0 Å². The van der Waals surface area contributed by atoms with Crippen molar-refractivity contribution in [2.45, 2.75) is 38.6 Å². The van der Waals surface area contributed by atoms with Gasteiger partial charge in [0.1, 0.15) is 0 Å². The van der Waals surface area contributed by atoms with E-state index in [-0.39, 0.29) is 5.38 Å². The summed E-state index contributed by atoms with van der Waals surface area (Å²) < 4.78 is 22.7. The van der Waals surface area contributed by atoms with Crippen molar-refractivity contribution in [2.75, 3.05) is 38.9 Å². The summed E-state index contributed by atoms with van der Waals surface area (Å²) in [6, 6.07) is 0.760. The Morgan fingerprint density at radius 1 is 1.00 bits per heavy atom. The Hall–Kier alpha value is 0.637. The van der Waals surface area contributed by atoms with Gasteiger partial charge in [0.25, 0.3) is 0 Å². The molecule has 0 rings (SSSR count). The van der Waals surface area contributed by atoms with E-state index < -0.39 is 8.80 Å². The Morgan fingerprint density at radius 2 is 1.53 bits per heavy atom. The van der Waals surface area contributed by atoms with Crippen LogP contribution in [0.1, 0.15) is 27.2 Å². The van der Waals surface area contributed by atoms with Crippen LogP contribution in [0.25, 0.3) is 0 Å². The molecular weight excluding hydrogens is 307 g/mol. The van der Waals surface area contributed by atoms with E-state index in [9.17, 15) is 0 Å². The summed E-state index contributed by atoms with van der Waals surface area (Å²) in [4.78, 5) is 0. The van der Waals surface area contributed by atoms with Crippen molar-refractivity contribution < 1.29 is 18.0 Å². The number of ether oxygens (including phenoxy) is 1. The Labute approximate surface area is 128 Å². The predicted octanol–water partition coefficient (Wildman–Crippen LogP) is 3.29. The Balaban J connectivity index is 4.03. The van der Waals surface area contributed by atoms with Gasteiger partial charge in [0.2, 0.25) is 0 Å². The normalized spacial score (nSPS) is 13.7. The Morgan fingerprint density at radius 3 is 1.95 bits per heavy atom. The number of rotatable bonds is 13. The molecule has 0 heterocycles. The van der Waals surface area contributed by atoms with Gasteiger partial charge >= 0.3 is 8.80 Å². The number of hydrogen-bond acceptors (Lipinski definition) is 4. The molecule has 0 aromatic heterocycles. The zero-order valence-electron chi connectivity index (χ0n) is 12.1. The third-order valence-electron chi connectivity index (χ3n) is 2.33. The molecule has 116 valence electrons. The van der Waals surface area contributed by atoms with Crippen LogP contribution in [0.3, 0.4) is 0 Å². The van der Waals surface area contributed by atoms with Crippen molar-refractivity contribution in [1.82, 2.24) is 0 Å². The second-order valence-electron chi connectivity index (χ2n) is 3.91. The highest BCUT2D eigenvalue weighted by atomic mass is 35.5. The number of hydrogen-bond donors (Lipinski definition) is 0. The molecule has 1 unspecified atom stereocenters. The zero-order chi connectivity index (χ0) is 14.6. The van der Waals surface area contributed by atoms with E-state index in [0.717, 1.165) is 12.5 Å². The highest BCUT2D eigenvalue weighted by Crippen LogP contribution is 2.18. The smallest absolute Gasteiger partial charge is 0.380 e. The summed E-state index contributed by atoms with van der Waals surface area (Å²) >= 11 is 11.5. The molecule has 7 heteroatoms. The monoisotopic (exact) mass is 332 g/mol. The van der Waals surface area contributed by atoms with Gasteiger partial charge in [0, 0.05) is 38.4 Å². The van der Waals surface area contributed by atoms with Gasteiger partial charge in [-0.15, -0.1) is 23.2 Å². The molecule has 0 saturated heterocycles. The van der Waals surface area contributed by atoms with E-state index in [4.69, 9.17) is 41.2 Å². The third kappa shape index (κ3) is 9.23. The molecule has 19 heavy (non-hydrogen) atoms. The molecule has 0 fully saturated rings. The molecule has 0 N–H and O–H groups in total. The first-order valence-corrected chi connectivity index (χ1v) is 9.74. The molecule has 0 aliphatic heterocycles. The van der Waals surface area contributed by atoms with Crippen molar-refractivity contribution in [3.05, 3.63) is 0 Å². The molecule has 0 saturated carbocycles. The predicted molar refractivity (Wildman–Crippen MR) is 81.2 cm³/mol. The van der Waals surface area contributed by atoms with Crippen LogP contribution in [0.5, 0.6) is 0 Å². The fourth-order valence-corrected chi connectivity index (χ4v) is 4.41. The highest BCUT2D eigenvalue weighted by molar-refractivity contribution is 6.60. The first-order chi connectivity index (χ1) is 9.14. The van der Waals surface area contributed by atoms with Crippen LogP contribution in [0.4, 0.5) is 0 Å². The maximum Gasteiger partial charge on any atom is 0.501 e. The first-order valence-electron chi connectivity index (χ1n) is 6.83. The molecule has 0 aromatic carbocycles. The van der Waals surface area contributed by atoms with Crippen LogP contribution in [-0.4, -0.2) is 53.1 Å². The minimum Gasteiger partial charge on any atom is -0.380 e. The summed E-state index contributed by atoms with van der Waals surface area (Å²) in [7, 11) is -2.52. The van der Waals surface area contributed by atoms with Gasteiger partial charge in [0.15, 0.2) is 0 Å². The average Bonchev–Trinajstić information content (AvgIpc) is 2.39. The van der Waals surface area contributed by atoms with E-state index in [1.165, 1.54) is 0 Å². The van der Waals surface area contributed by atoms with Crippen LogP contribution < -0.4 is 0 Å². The zero-order valence-corrected chi connectivity index (χ0v) is 14.6. The molecule has 0 amide bonds. The molecule has 0 spiro atoms. The quantitative estimate of drug-likeness (QED) is 0.294. The van der Waals surface area contributed by atoms with Crippen LogP contribution in [0.2, 0.25) is 6.04 Å². The molecule has 0 aliphatic carbocycles. The number of alkyl halides is 2. The molecular formula is C12H26Cl2O4Si. The van der Waals surface area contributed by atoms with Crippen molar-refractivity contribution in [3.8, 4) is 0 Å². The number of halogens is 2. The van der Waals surface area contributed by atoms with Crippen LogP contribution in [-0.2, 0) is 18.0 Å². The minimum absolute atomic E-state index is 0.130. The van der Waals surface area contributed by atoms with Crippen molar-refractivity contribution in [2.24, 2.45) is 0 Å². The van der Waals surface area contributed by atoms with Crippen LogP contribution in [0.15, 0.2) is 0 Å². The Bertz CT molecular complexity index is 193.